The molecule has 0 radical (unpaired) electrons. The number of nitrogens with zero attached hydrogens (tertiary/aromatic N) is 2. The van der Waals surface area contributed by atoms with Crippen molar-refractivity contribution in [2.24, 2.45) is 0 Å². The van der Waals surface area contributed by atoms with Gasteiger partial charge in [-0.2, -0.15) is 5.10 Å². The Labute approximate surface area is 147 Å². The van der Waals surface area contributed by atoms with Gasteiger partial charge in [0.05, 0.1) is 22.4 Å². The van der Waals surface area contributed by atoms with Crippen molar-refractivity contribution < 1.29 is 14.6 Å². The first kappa shape index (κ1) is 15.5. The molecule has 4 aromatic rings. The van der Waals surface area contributed by atoms with Crippen molar-refractivity contribution in [2.75, 3.05) is 0 Å². The lowest BCUT2D eigenvalue weighted by molar-refractivity contribution is 0.432. The number of fused-ring (bicyclic) bond motifs is 1. The Balaban J connectivity index is 1.81. The van der Waals surface area contributed by atoms with Gasteiger partial charge in [-0.25, -0.2) is 9.07 Å². The third-order valence-electron chi connectivity index (χ3n) is 4.02. The van der Waals surface area contributed by atoms with Gasteiger partial charge in [0.25, 0.3) is 0 Å². The maximum absolute atomic E-state index is 13.2. The summed E-state index contributed by atoms with van der Waals surface area (Å²) in [6.07, 6.45) is 1.70. The predicted molar refractivity (Wildman–Crippen MR) is 94.8 cm³/mol. The van der Waals surface area contributed by atoms with Crippen LogP contribution in [-0.4, -0.2) is 20.0 Å². The van der Waals surface area contributed by atoms with Gasteiger partial charge in [0.15, 0.2) is 11.6 Å². The molecule has 124 valence electrons. The Kier molecular flexibility index (Phi) is 3.58. The number of halogens is 2. The first-order valence-electron chi connectivity index (χ1n) is 7.48. The first-order chi connectivity index (χ1) is 12.0. The van der Waals surface area contributed by atoms with Gasteiger partial charge in [-0.05, 0) is 47.5 Å². The van der Waals surface area contributed by atoms with Crippen LogP contribution < -0.4 is 0 Å². The second-order valence-corrected chi connectivity index (χ2v) is 6.04. The van der Waals surface area contributed by atoms with Gasteiger partial charge in [0.2, 0.25) is 0 Å². The van der Waals surface area contributed by atoms with Gasteiger partial charge in [-0.1, -0.05) is 23.7 Å². The molecule has 0 bridgehead atoms. The fourth-order valence-corrected chi connectivity index (χ4v) is 2.92. The van der Waals surface area contributed by atoms with E-state index in [1.165, 1.54) is 12.1 Å². The van der Waals surface area contributed by atoms with Crippen LogP contribution >= 0.6 is 11.6 Å². The number of benzene rings is 3. The molecule has 2 N–H and O–H groups in total. The minimum Gasteiger partial charge on any atom is -0.506 e. The topological polar surface area (TPSA) is 58.3 Å². The average Bonchev–Trinajstić information content (AvgIpc) is 3.03. The van der Waals surface area contributed by atoms with Gasteiger partial charge in [0.1, 0.15) is 5.75 Å². The van der Waals surface area contributed by atoms with E-state index >= 15 is 0 Å². The number of aromatic nitrogens is 2. The maximum Gasteiger partial charge on any atom is 0.164 e. The van der Waals surface area contributed by atoms with Crippen LogP contribution in [0.5, 0.6) is 11.5 Å². The molecule has 0 saturated carbocycles. The average molecular weight is 355 g/mol. The summed E-state index contributed by atoms with van der Waals surface area (Å²) in [6, 6.07) is 14.9. The van der Waals surface area contributed by atoms with Crippen LogP contribution in [0.2, 0.25) is 5.02 Å². The summed E-state index contributed by atoms with van der Waals surface area (Å²) in [5.41, 5.74) is 3.18. The third kappa shape index (κ3) is 2.68. The van der Waals surface area contributed by atoms with Gasteiger partial charge in [-0.3, -0.25) is 0 Å². The van der Waals surface area contributed by atoms with Crippen molar-refractivity contribution in [3.8, 4) is 28.3 Å². The number of aromatic hydroxyl groups is 2. The van der Waals surface area contributed by atoms with E-state index in [9.17, 15) is 14.6 Å². The van der Waals surface area contributed by atoms with Crippen molar-refractivity contribution in [3.63, 3.8) is 0 Å². The molecule has 3 aromatic carbocycles. The quantitative estimate of drug-likeness (QED) is 0.538. The van der Waals surface area contributed by atoms with E-state index in [1.54, 1.807) is 35.1 Å². The van der Waals surface area contributed by atoms with Crippen LogP contribution in [-0.2, 0) is 0 Å². The molecule has 0 spiro atoms. The van der Waals surface area contributed by atoms with Crippen LogP contribution in [0.3, 0.4) is 0 Å². The molecule has 0 saturated heterocycles. The Morgan fingerprint density at radius 1 is 0.880 bits per heavy atom. The highest BCUT2D eigenvalue weighted by Gasteiger charge is 2.10. The molecule has 0 fully saturated rings. The molecule has 4 rings (SSSR count). The molecule has 1 aromatic heterocycles. The van der Waals surface area contributed by atoms with Crippen molar-refractivity contribution in [1.82, 2.24) is 9.78 Å². The second kappa shape index (κ2) is 5.79. The van der Waals surface area contributed by atoms with E-state index in [2.05, 4.69) is 5.10 Å². The zero-order valence-electron chi connectivity index (χ0n) is 12.8. The standard InChI is InChI=1S/C19H12ClFN2O2/c20-15-8-12(2-6-18(15)24)11-1-5-17-13(7-11)10-22-23(17)14-3-4-16(21)19(25)9-14/h1-10,24-25H. The van der Waals surface area contributed by atoms with E-state index < -0.39 is 11.6 Å². The lowest BCUT2D eigenvalue weighted by atomic mass is 10.0. The van der Waals surface area contributed by atoms with E-state index in [1.807, 2.05) is 18.2 Å². The highest BCUT2D eigenvalue weighted by Crippen LogP contribution is 2.31. The Morgan fingerprint density at radius 3 is 2.40 bits per heavy atom. The SMILES string of the molecule is Oc1cc(-n2ncc3cc(-c4ccc(O)c(Cl)c4)ccc32)ccc1F. The molecule has 0 amide bonds. The zero-order valence-corrected chi connectivity index (χ0v) is 13.6. The monoisotopic (exact) mass is 354 g/mol. The third-order valence-corrected chi connectivity index (χ3v) is 4.33. The molecule has 0 aliphatic heterocycles. The fraction of sp³-hybridized carbons (Fsp3) is 0. The number of hydrogen-bond acceptors (Lipinski definition) is 3. The van der Waals surface area contributed by atoms with Crippen LogP contribution in [0, 0.1) is 5.82 Å². The highest BCUT2D eigenvalue weighted by molar-refractivity contribution is 6.32. The first-order valence-corrected chi connectivity index (χ1v) is 7.86. The minimum absolute atomic E-state index is 0.0374. The van der Waals surface area contributed by atoms with Crippen molar-refractivity contribution in [3.05, 3.63) is 71.6 Å². The predicted octanol–water partition coefficient (Wildman–Crippen LogP) is 4.90. The Bertz CT molecular complexity index is 1110. The number of phenols is 2. The molecule has 0 aliphatic rings. The van der Waals surface area contributed by atoms with Crippen LogP contribution in [0.4, 0.5) is 4.39 Å². The Hall–Kier alpha value is -3.05. The molecule has 6 heteroatoms. The molecule has 0 atom stereocenters. The van der Waals surface area contributed by atoms with Crippen LogP contribution in [0.25, 0.3) is 27.7 Å². The van der Waals surface area contributed by atoms with E-state index in [-0.39, 0.29) is 10.8 Å². The van der Waals surface area contributed by atoms with E-state index in [0.717, 1.165) is 22.0 Å². The van der Waals surface area contributed by atoms with Gasteiger partial charge in [0, 0.05) is 11.5 Å². The van der Waals surface area contributed by atoms with Crippen LogP contribution in [0.1, 0.15) is 0 Å². The number of hydrogen-bond donors (Lipinski definition) is 2. The molecule has 0 unspecified atom stereocenters. The van der Waals surface area contributed by atoms with E-state index in [4.69, 9.17) is 11.6 Å². The van der Waals surface area contributed by atoms with Gasteiger partial charge >= 0.3 is 0 Å². The fourth-order valence-electron chi connectivity index (χ4n) is 2.74. The summed E-state index contributed by atoms with van der Waals surface area (Å²) in [6.45, 7) is 0. The zero-order chi connectivity index (χ0) is 17.6. The molecule has 0 aliphatic carbocycles. The summed E-state index contributed by atoms with van der Waals surface area (Å²) < 4.78 is 14.9. The second-order valence-electron chi connectivity index (χ2n) is 5.63. The van der Waals surface area contributed by atoms with Gasteiger partial charge < -0.3 is 10.2 Å². The summed E-state index contributed by atoms with van der Waals surface area (Å²) >= 11 is 5.97. The number of phenolic OH excluding ortho intramolecular Hbond substituents is 2. The Morgan fingerprint density at radius 2 is 1.64 bits per heavy atom. The lowest BCUT2D eigenvalue weighted by Gasteiger charge is -2.07. The summed E-state index contributed by atoms with van der Waals surface area (Å²) in [4.78, 5) is 0. The lowest BCUT2D eigenvalue weighted by Crippen LogP contribution is -1.96. The molecule has 1 heterocycles. The normalized spacial score (nSPS) is 11.1. The van der Waals surface area contributed by atoms with Crippen LogP contribution in [0.15, 0.2) is 60.8 Å². The number of rotatable bonds is 2. The molecular formula is C19H12ClFN2O2. The molecule has 4 nitrogen and oxygen atoms in total. The summed E-state index contributed by atoms with van der Waals surface area (Å²) in [5.74, 6) is -1.06. The largest absolute Gasteiger partial charge is 0.506 e. The smallest absolute Gasteiger partial charge is 0.164 e. The van der Waals surface area contributed by atoms with Crippen molar-refractivity contribution >= 4 is 22.5 Å². The van der Waals surface area contributed by atoms with Crippen molar-refractivity contribution in [1.29, 1.82) is 0 Å². The maximum atomic E-state index is 13.2. The molecular weight excluding hydrogens is 343 g/mol. The van der Waals surface area contributed by atoms with Gasteiger partial charge in [-0.15, -0.1) is 0 Å². The summed E-state index contributed by atoms with van der Waals surface area (Å²) in [7, 11) is 0. The molecule has 25 heavy (non-hydrogen) atoms. The highest BCUT2D eigenvalue weighted by atomic mass is 35.5. The summed E-state index contributed by atoms with van der Waals surface area (Å²) in [5, 5.41) is 24.6. The van der Waals surface area contributed by atoms with E-state index in [0.29, 0.717) is 5.69 Å². The minimum atomic E-state index is -0.674. The van der Waals surface area contributed by atoms with Crippen molar-refractivity contribution in [2.45, 2.75) is 0 Å².